The number of fused-ring (bicyclic) bond motifs is 2. The Bertz CT molecular complexity index is 3330. The van der Waals surface area contributed by atoms with Crippen molar-refractivity contribution in [1.82, 2.24) is 45.5 Å². The summed E-state index contributed by atoms with van der Waals surface area (Å²) in [6.45, 7) is 9.09. The van der Waals surface area contributed by atoms with Crippen molar-refractivity contribution in [3.8, 4) is 56.9 Å². The lowest BCUT2D eigenvalue weighted by atomic mass is 9.91. The second-order valence-electron chi connectivity index (χ2n) is 20.6. The van der Waals surface area contributed by atoms with Crippen molar-refractivity contribution in [1.29, 1.82) is 0 Å². The highest BCUT2D eigenvalue weighted by Gasteiger charge is 2.44. The normalized spacial score (nSPS) is 21.3. The van der Waals surface area contributed by atoms with Crippen LogP contribution in [0.25, 0.3) is 21.8 Å². The summed E-state index contributed by atoms with van der Waals surface area (Å²) in [6, 6.07) is 21.3. The molecule has 0 radical (unpaired) electrons. The number of β-amino-alcohol motifs (C(OH)–C–C–N with tert-alkyl or cyclic N) is 1. The van der Waals surface area contributed by atoms with Crippen molar-refractivity contribution >= 4 is 40.3 Å². The van der Waals surface area contributed by atoms with Crippen molar-refractivity contribution in [3.63, 3.8) is 0 Å². The lowest BCUT2D eigenvalue weighted by molar-refractivity contribution is -0.141. The molecule has 4 fully saturated rings. The molecule has 6 aromatic heterocycles. The highest BCUT2D eigenvalue weighted by Crippen LogP contribution is 2.41. The van der Waals surface area contributed by atoms with Crippen molar-refractivity contribution in [2.75, 3.05) is 41.8 Å². The summed E-state index contributed by atoms with van der Waals surface area (Å²) in [5, 5.41) is 36.7. The summed E-state index contributed by atoms with van der Waals surface area (Å²) < 4.78 is 24.0. The van der Waals surface area contributed by atoms with E-state index in [1.165, 1.54) is 16.2 Å². The van der Waals surface area contributed by atoms with Crippen LogP contribution in [0, 0.1) is 24.7 Å². The fourth-order valence-electron chi connectivity index (χ4n) is 10.9. The van der Waals surface area contributed by atoms with E-state index in [1.807, 2.05) is 82.4 Å². The summed E-state index contributed by atoms with van der Waals surface area (Å²) in [4.78, 5) is 53.0. The van der Waals surface area contributed by atoms with Gasteiger partial charge in [0.2, 0.25) is 17.7 Å². The first-order valence-corrected chi connectivity index (χ1v) is 27.1. The number of likely N-dealkylation sites (tertiary alicyclic amines) is 1. The molecule has 1 saturated carbocycles. The third-order valence-corrected chi connectivity index (χ3v) is 15.9. The van der Waals surface area contributed by atoms with Crippen LogP contribution in [0.2, 0.25) is 0 Å². The number of nitrogens with two attached hydrogens (primary N) is 1. The molecule has 1 aromatic carbocycles. The molecule has 4 aliphatic rings. The van der Waals surface area contributed by atoms with Crippen LogP contribution in [0.4, 0.5) is 17.2 Å². The van der Waals surface area contributed by atoms with E-state index >= 15 is 0 Å². The number of phenolic OH excluding ortho intramolecular Hbond substituents is 1. The van der Waals surface area contributed by atoms with E-state index in [0.717, 1.165) is 59.1 Å². The van der Waals surface area contributed by atoms with Gasteiger partial charge in [-0.3, -0.25) is 14.6 Å². The molecule has 7 aromatic rings. The topological polar surface area (TPSA) is 253 Å². The van der Waals surface area contributed by atoms with E-state index in [1.54, 1.807) is 42.2 Å². The van der Waals surface area contributed by atoms with Crippen LogP contribution in [-0.2, 0) is 9.59 Å². The van der Waals surface area contributed by atoms with Gasteiger partial charge in [-0.15, -0.1) is 21.5 Å². The molecule has 21 heteroatoms. The number of amides is 2. The fraction of sp³-hybridized carbons (Fsp3) is 0.386. The quantitative estimate of drug-likeness (QED) is 0.0719. The molecule has 0 spiro atoms. The largest absolute Gasteiger partial charge is 0.507 e. The lowest BCUT2D eigenvalue weighted by Gasteiger charge is -2.43. The number of nitrogens with zero attached hydrogens (tertiary/aromatic N) is 10. The average Bonchev–Trinajstić information content (AvgIpc) is 4.28. The van der Waals surface area contributed by atoms with Crippen LogP contribution in [0.5, 0.6) is 23.3 Å². The number of nitrogen functional groups attached to an aromatic ring is 1. The van der Waals surface area contributed by atoms with E-state index in [0.29, 0.717) is 47.2 Å². The molecule has 20 nitrogen and oxygen atoms in total. The number of ether oxygens (including phenoxy) is 3. The number of rotatable bonds is 16. The molecule has 2 amide bonds. The van der Waals surface area contributed by atoms with E-state index in [2.05, 4.69) is 62.2 Å². The molecular weight excluding hydrogens is 1010 g/mol. The third-order valence-electron chi connectivity index (χ3n) is 14.9. The van der Waals surface area contributed by atoms with Crippen molar-refractivity contribution in [3.05, 3.63) is 120 Å². The second-order valence-corrected chi connectivity index (χ2v) is 21.5. The number of hydrogen-bond acceptors (Lipinski definition) is 19. The zero-order valence-electron chi connectivity index (χ0n) is 43.6. The van der Waals surface area contributed by atoms with Gasteiger partial charge >= 0.3 is 0 Å². The van der Waals surface area contributed by atoms with Gasteiger partial charge in [-0.1, -0.05) is 38.0 Å². The van der Waals surface area contributed by atoms with Crippen LogP contribution >= 0.6 is 11.3 Å². The molecule has 6 atom stereocenters. The van der Waals surface area contributed by atoms with Gasteiger partial charge in [-0.2, -0.15) is 0 Å². The average molecular weight is 1070 g/mol. The highest BCUT2D eigenvalue weighted by molar-refractivity contribution is 7.13. The van der Waals surface area contributed by atoms with Gasteiger partial charge in [0.25, 0.3) is 5.88 Å². The van der Waals surface area contributed by atoms with Gasteiger partial charge in [-0.05, 0) is 91.7 Å². The van der Waals surface area contributed by atoms with Crippen molar-refractivity contribution < 1.29 is 38.5 Å². The van der Waals surface area contributed by atoms with Crippen LogP contribution < -0.4 is 35.1 Å². The molecule has 9 heterocycles. The number of para-hydroxylation sites is 1. The molecule has 2 unspecified atom stereocenters. The Morgan fingerprint density at radius 1 is 0.885 bits per heavy atom. The summed E-state index contributed by atoms with van der Waals surface area (Å²) >= 11 is 1.52. The maximum Gasteiger partial charge on any atom is 0.255 e. The Kier molecular flexibility index (Phi) is 14.8. The van der Waals surface area contributed by atoms with E-state index < -0.39 is 24.1 Å². The molecule has 402 valence electrons. The molecule has 78 heavy (non-hydrogen) atoms. The number of benzene rings is 1. The number of piperazine rings is 1. The van der Waals surface area contributed by atoms with Crippen LogP contribution in [0.15, 0.2) is 101 Å². The molecule has 11 rings (SSSR count). The maximum atomic E-state index is 14.2. The number of anilines is 3. The van der Waals surface area contributed by atoms with E-state index in [-0.39, 0.29) is 79.0 Å². The number of aliphatic hydroxyl groups excluding tert-OH is 1. The minimum absolute atomic E-state index is 0.00979. The number of thiazole rings is 1. The summed E-state index contributed by atoms with van der Waals surface area (Å²) in [5.41, 5.74) is 14.3. The molecule has 3 aliphatic heterocycles. The number of aliphatic hydroxyl groups is 1. The zero-order chi connectivity index (χ0) is 54.0. The Hall–Kier alpha value is -8.35. The first-order valence-electron chi connectivity index (χ1n) is 26.3. The second kappa shape index (κ2) is 22.3. The predicted molar refractivity (Wildman–Crippen MR) is 291 cm³/mol. The Balaban J connectivity index is 0.627. The number of aromatic nitrogens is 7. The van der Waals surface area contributed by atoms with Gasteiger partial charge in [0.05, 0.1) is 51.5 Å². The number of nitrogens with one attached hydrogen (secondary N) is 1. The van der Waals surface area contributed by atoms with Crippen LogP contribution in [0.1, 0.15) is 87.5 Å². The summed E-state index contributed by atoms with van der Waals surface area (Å²) in [7, 11) is 0. The Morgan fingerprint density at radius 3 is 2.42 bits per heavy atom. The van der Waals surface area contributed by atoms with Gasteiger partial charge < -0.3 is 54.7 Å². The minimum Gasteiger partial charge on any atom is -0.507 e. The van der Waals surface area contributed by atoms with E-state index in [4.69, 9.17) is 24.5 Å². The van der Waals surface area contributed by atoms with Crippen LogP contribution in [0.3, 0.4) is 0 Å². The summed E-state index contributed by atoms with van der Waals surface area (Å²) in [5.74, 6) is 6.38. The van der Waals surface area contributed by atoms with E-state index in [9.17, 15) is 19.8 Å². The standard InChI is InChI=1S/C57H60N12O8S/c1-32(2)53(57(73)68-30-40(70)21-48(68)56(72)63-33(3)35-11-16-45(61-26-35)54-34(4)62-31-78-54)50-25-52(66-77-50)74-19-7-8-36-12-15-41(27-60-36)75-42-22-43(23-42)76-51-20-37(17-18-59-51)69-38-13-14-39(69)29-67(28-38)47-24-46(64-65-55(47)58)44-9-5-6-10-49(44)71/h5-6,9-12,15-18,20,24-27,31-33,38-40,42-43,48,53,70-71H,13-14,19,21-23,28-30H2,1-4H3,(H2,58,65)(H,63,72)/t33-,38?,39?,40+,42-,43-,48-,53+/m0/s1. The first kappa shape index (κ1) is 51.7. The predicted octanol–water partition coefficient (Wildman–Crippen LogP) is 6.89. The highest BCUT2D eigenvalue weighted by atomic mass is 32.1. The number of pyridine rings is 3. The third kappa shape index (κ3) is 11.1. The molecule has 3 saturated heterocycles. The number of carbonyl (C=O) groups is 2. The zero-order valence-corrected chi connectivity index (χ0v) is 44.4. The fourth-order valence-corrected chi connectivity index (χ4v) is 11.7. The lowest BCUT2D eigenvalue weighted by Crippen LogP contribution is -2.54. The minimum atomic E-state index is -0.880. The number of hydrogen-bond donors (Lipinski definition) is 4. The molecule has 1 aliphatic carbocycles. The van der Waals surface area contributed by atoms with Gasteiger partial charge in [-0.25, -0.2) is 15.0 Å². The van der Waals surface area contributed by atoms with Crippen molar-refractivity contribution in [2.24, 2.45) is 5.92 Å². The monoisotopic (exact) mass is 1070 g/mol. The Morgan fingerprint density at radius 2 is 1.69 bits per heavy atom. The molecule has 2 bridgehead atoms. The number of aryl methyl sites for hydroxylation is 1. The number of carbonyl (C=O) groups excluding carboxylic acids is 2. The van der Waals surface area contributed by atoms with Gasteiger partial charge in [0.1, 0.15) is 41.4 Å². The summed E-state index contributed by atoms with van der Waals surface area (Å²) in [6.07, 6.45) is 7.86. The molecule has 5 N–H and O–H groups in total. The SMILES string of the molecule is Cc1ncsc1-c1ccc([C@H](C)NC(=O)[C@@H]2C[C@@H](O)CN2C(=O)[C@@H](c2cc(OCC#Cc3ccc(O[C@H]4C[C@H](Oc5cc(N6C7CCC6CN(c6cc(-c8ccccc8O)nnc6N)C7)ccn5)C4)cn3)no2)C(C)C)cn1. The molecular formula is C57H60N12O8S. The maximum absolute atomic E-state index is 14.2. The van der Waals surface area contributed by atoms with Crippen LogP contribution in [-0.4, -0.2) is 125 Å². The first-order chi connectivity index (χ1) is 37.8. The smallest absolute Gasteiger partial charge is 0.255 e. The van der Waals surface area contributed by atoms with Crippen molar-refractivity contribution in [2.45, 2.75) is 108 Å². The number of phenols is 1. The van der Waals surface area contributed by atoms with Gasteiger partial charge in [0.15, 0.2) is 18.2 Å². The van der Waals surface area contributed by atoms with Gasteiger partial charge in [0, 0.05) is 86.8 Å². The Labute approximate surface area is 455 Å². The number of aromatic hydroxyl groups is 1.